The molecule has 100 valence electrons. The summed E-state index contributed by atoms with van der Waals surface area (Å²) in [6.45, 7) is 2.46. The number of hydrogen-bond acceptors (Lipinski definition) is 2. The lowest BCUT2D eigenvalue weighted by Gasteiger charge is -2.08. The second-order valence-electron chi connectivity index (χ2n) is 4.80. The monoisotopic (exact) mass is 284 g/mol. The van der Waals surface area contributed by atoms with E-state index >= 15 is 0 Å². The van der Waals surface area contributed by atoms with Crippen LogP contribution < -0.4 is 5.56 Å². The molecule has 0 unspecified atom stereocenters. The maximum Gasteiger partial charge on any atom is 0.250 e. The van der Waals surface area contributed by atoms with Crippen molar-refractivity contribution in [1.82, 2.24) is 9.55 Å². The highest BCUT2D eigenvalue weighted by atomic mass is 35.5. The molecule has 0 aliphatic carbocycles. The minimum absolute atomic E-state index is 0.0482. The van der Waals surface area contributed by atoms with Crippen LogP contribution in [0.1, 0.15) is 11.1 Å². The van der Waals surface area contributed by atoms with Gasteiger partial charge < -0.3 is 4.57 Å². The van der Waals surface area contributed by atoms with Gasteiger partial charge in [0.05, 0.1) is 12.1 Å². The van der Waals surface area contributed by atoms with Crippen molar-refractivity contribution >= 4 is 22.5 Å². The molecule has 20 heavy (non-hydrogen) atoms. The van der Waals surface area contributed by atoms with Crippen molar-refractivity contribution in [3.05, 3.63) is 75.3 Å². The molecule has 2 heterocycles. The van der Waals surface area contributed by atoms with E-state index in [4.69, 9.17) is 11.6 Å². The minimum atomic E-state index is -0.0482. The quantitative estimate of drug-likeness (QED) is 0.676. The number of halogens is 1. The molecule has 2 aromatic heterocycles. The Balaban J connectivity index is 2.09. The molecule has 0 amide bonds. The summed E-state index contributed by atoms with van der Waals surface area (Å²) in [7, 11) is 0. The van der Waals surface area contributed by atoms with Crippen molar-refractivity contribution < 1.29 is 0 Å². The first-order valence-electron chi connectivity index (χ1n) is 6.35. The van der Waals surface area contributed by atoms with E-state index in [2.05, 4.69) is 11.1 Å². The van der Waals surface area contributed by atoms with Crippen LogP contribution in [0.15, 0.2) is 53.5 Å². The van der Waals surface area contributed by atoms with Crippen LogP contribution in [0.2, 0.25) is 5.15 Å². The minimum Gasteiger partial charge on any atom is -0.311 e. The zero-order chi connectivity index (χ0) is 14.1. The van der Waals surface area contributed by atoms with Crippen LogP contribution in [0.25, 0.3) is 10.9 Å². The van der Waals surface area contributed by atoms with Crippen LogP contribution in [0.5, 0.6) is 0 Å². The van der Waals surface area contributed by atoms with Crippen molar-refractivity contribution in [2.75, 3.05) is 0 Å². The summed E-state index contributed by atoms with van der Waals surface area (Å²) in [6, 6.07) is 13.1. The standard InChI is InChI=1S/C16H13ClN2O/c1-11-5-6-14-12(8-11)9-13(16(17)18-14)10-19-7-3-2-4-15(19)20/h2-9H,10H2,1H3. The van der Waals surface area contributed by atoms with Crippen molar-refractivity contribution in [1.29, 1.82) is 0 Å². The number of hydrogen-bond donors (Lipinski definition) is 0. The Morgan fingerprint density at radius 1 is 1.20 bits per heavy atom. The number of benzene rings is 1. The molecule has 0 radical (unpaired) electrons. The SMILES string of the molecule is Cc1ccc2nc(Cl)c(Cn3ccccc3=O)cc2c1. The van der Waals surface area contributed by atoms with Gasteiger partial charge in [-0.2, -0.15) is 0 Å². The van der Waals surface area contributed by atoms with Crippen LogP contribution >= 0.6 is 11.6 Å². The van der Waals surface area contributed by atoms with Gasteiger partial charge in [-0.05, 0) is 31.2 Å². The first kappa shape index (κ1) is 12.9. The van der Waals surface area contributed by atoms with E-state index in [9.17, 15) is 4.79 Å². The molecule has 3 nitrogen and oxygen atoms in total. The van der Waals surface area contributed by atoms with Gasteiger partial charge >= 0.3 is 0 Å². The van der Waals surface area contributed by atoms with E-state index in [0.717, 1.165) is 16.5 Å². The van der Waals surface area contributed by atoms with Crippen molar-refractivity contribution in [3.8, 4) is 0 Å². The number of rotatable bonds is 2. The Bertz CT molecular complexity index is 839. The van der Waals surface area contributed by atoms with Crippen LogP contribution in [0.3, 0.4) is 0 Å². The van der Waals surface area contributed by atoms with E-state index in [1.165, 1.54) is 11.6 Å². The molecular weight excluding hydrogens is 272 g/mol. The fourth-order valence-corrected chi connectivity index (χ4v) is 2.41. The fraction of sp³-hybridized carbons (Fsp3) is 0.125. The van der Waals surface area contributed by atoms with Crippen molar-refractivity contribution in [2.24, 2.45) is 0 Å². The zero-order valence-electron chi connectivity index (χ0n) is 11.0. The summed E-state index contributed by atoms with van der Waals surface area (Å²) >= 11 is 6.22. The smallest absolute Gasteiger partial charge is 0.250 e. The first-order chi connectivity index (χ1) is 9.63. The van der Waals surface area contributed by atoms with Gasteiger partial charge in [0.1, 0.15) is 5.15 Å². The molecule has 0 bridgehead atoms. The normalized spacial score (nSPS) is 10.9. The van der Waals surface area contributed by atoms with Gasteiger partial charge in [-0.25, -0.2) is 4.98 Å². The van der Waals surface area contributed by atoms with Gasteiger partial charge in [0, 0.05) is 23.2 Å². The Labute approximate surface area is 121 Å². The maximum absolute atomic E-state index is 11.8. The van der Waals surface area contributed by atoms with Crippen LogP contribution in [-0.2, 0) is 6.54 Å². The maximum atomic E-state index is 11.8. The topological polar surface area (TPSA) is 34.9 Å². The number of pyridine rings is 2. The Kier molecular flexibility index (Phi) is 3.28. The largest absolute Gasteiger partial charge is 0.311 e. The van der Waals surface area contributed by atoms with Crippen LogP contribution in [0.4, 0.5) is 0 Å². The van der Waals surface area contributed by atoms with Crippen molar-refractivity contribution in [2.45, 2.75) is 13.5 Å². The fourth-order valence-electron chi connectivity index (χ4n) is 2.20. The third-order valence-electron chi connectivity index (χ3n) is 3.24. The van der Waals surface area contributed by atoms with E-state index in [-0.39, 0.29) is 5.56 Å². The van der Waals surface area contributed by atoms with Gasteiger partial charge in [-0.15, -0.1) is 0 Å². The molecule has 0 saturated heterocycles. The third-order valence-corrected chi connectivity index (χ3v) is 3.56. The molecule has 0 spiro atoms. The second kappa shape index (κ2) is 5.10. The highest BCUT2D eigenvalue weighted by Gasteiger charge is 2.06. The van der Waals surface area contributed by atoms with E-state index < -0.39 is 0 Å². The van der Waals surface area contributed by atoms with E-state index in [0.29, 0.717) is 11.7 Å². The van der Waals surface area contributed by atoms with Gasteiger partial charge in [0.25, 0.3) is 5.56 Å². The molecule has 0 N–H and O–H groups in total. The summed E-state index contributed by atoms with van der Waals surface area (Å²) in [5.41, 5.74) is 2.83. The lowest BCUT2D eigenvalue weighted by Crippen LogP contribution is -2.18. The molecule has 3 aromatic rings. The molecule has 1 aromatic carbocycles. The predicted octanol–water partition coefficient (Wildman–Crippen LogP) is 3.41. The number of aryl methyl sites for hydroxylation is 1. The second-order valence-corrected chi connectivity index (χ2v) is 5.16. The molecule has 0 aliphatic heterocycles. The summed E-state index contributed by atoms with van der Waals surface area (Å²) < 4.78 is 1.62. The summed E-state index contributed by atoms with van der Waals surface area (Å²) in [5, 5.41) is 1.48. The van der Waals surface area contributed by atoms with Gasteiger partial charge in [0.15, 0.2) is 0 Å². The zero-order valence-corrected chi connectivity index (χ0v) is 11.8. The van der Waals surface area contributed by atoms with Gasteiger partial charge in [-0.3, -0.25) is 4.79 Å². The van der Waals surface area contributed by atoms with Crippen LogP contribution in [0, 0.1) is 6.92 Å². The van der Waals surface area contributed by atoms with Gasteiger partial charge in [-0.1, -0.05) is 29.3 Å². The Hall–Kier alpha value is -2.13. The molecule has 4 heteroatoms. The van der Waals surface area contributed by atoms with Crippen LogP contribution in [-0.4, -0.2) is 9.55 Å². The lowest BCUT2D eigenvalue weighted by atomic mass is 10.1. The summed E-state index contributed by atoms with van der Waals surface area (Å²) in [5.74, 6) is 0. The van der Waals surface area contributed by atoms with E-state index in [1.54, 1.807) is 16.8 Å². The number of fused-ring (bicyclic) bond motifs is 1. The Morgan fingerprint density at radius 2 is 2.05 bits per heavy atom. The number of nitrogens with zero attached hydrogens (tertiary/aromatic N) is 2. The molecule has 0 fully saturated rings. The molecule has 0 aliphatic rings. The average Bonchev–Trinajstić information content (AvgIpc) is 2.42. The molecule has 3 rings (SSSR count). The predicted molar refractivity (Wildman–Crippen MR) is 81.3 cm³/mol. The Morgan fingerprint density at radius 3 is 2.85 bits per heavy atom. The van der Waals surface area contributed by atoms with Crippen molar-refractivity contribution in [3.63, 3.8) is 0 Å². The first-order valence-corrected chi connectivity index (χ1v) is 6.72. The molecular formula is C16H13ClN2O. The summed E-state index contributed by atoms with van der Waals surface area (Å²) in [4.78, 5) is 16.1. The third kappa shape index (κ3) is 2.45. The van der Waals surface area contributed by atoms with Gasteiger partial charge in [0.2, 0.25) is 0 Å². The lowest BCUT2D eigenvalue weighted by molar-refractivity contribution is 0.758. The highest BCUT2D eigenvalue weighted by molar-refractivity contribution is 6.30. The highest BCUT2D eigenvalue weighted by Crippen LogP contribution is 2.22. The van der Waals surface area contributed by atoms with E-state index in [1.807, 2.05) is 31.2 Å². The average molecular weight is 285 g/mol. The molecule has 0 saturated carbocycles. The summed E-state index contributed by atoms with van der Waals surface area (Å²) in [6.07, 6.45) is 1.75. The molecule has 0 atom stereocenters. The number of aromatic nitrogens is 2.